The average molecular weight is 415 g/mol. The smallest absolute Gasteiger partial charge is 0.317 e. The summed E-state index contributed by atoms with van der Waals surface area (Å²) in [4.78, 5) is 38.8. The van der Waals surface area contributed by atoms with E-state index in [0.29, 0.717) is 25.6 Å². The highest BCUT2D eigenvalue weighted by molar-refractivity contribution is 5.87. The van der Waals surface area contributed by atoms with E-state index in [0.717, 1.165) is 31.2 Å². The summed E-state index contributed by atoms with van der Waals surface area (Å²) >= 11 is 0. The maximum Gasteiger partial charge on any atom is 0.317 e. The van der Waals surface area contributed by atoms with E-state index < -0.39 is 6.04 Å². The van der Waals surface area contributed by atoms with E-state index in [1.54, 1.807) is 0 Å². The summed E-state index contributed by atoms with van der Waals surface area (Å²) in [6.07, 6.45) is 7.70. The Morgan fingerprint density at radius 3 is 2.20 bits per heavy atom. The number of hydrogen-bond acceptors (Lipinski definition) is 3. The number of nitrogens with one attached hydrogen (secondary N) is 3. The molecular formula is C23H34N4O3. The van der Waals surface area contributed by atoms with Gasteiger partial charge in [0.1, 0.15) is 6.04 Å². The van der Waals surface area contributed by atoms with Gasteiger partial charge in [-0.15, -0.1) is 0 Å². The molecule has 1 aromatic carbocycles. The van der Waals surface area contributed by atoms with Crippen LogP contribution in [0.25, 0.3) is 0 Å². The van der Waals surface area contributed by atoms with Gasteiger partial charge < -0.3 is 20.9 Å². The average Bonchev–Trinajstić information content (AvgIpc) is 2.75. The van der Waals surface area contributed by atoms with Crippen molar-refractivity contribution in [2.24, 2.45) is 0 Å². The lowest BCUT2D eigenvalue weighted by Crippen LogP contribution is -2.54. The number of urea groups is 1. The van der Waals surface area contributed by atoms with E-state index in [1.807, 2.05) is 35.2 Å². The third-order valence-electron chi connectivity index (χ3n) is 6.04. The fourth-order valence-electron chi connectivity index (χ4n) is 4.35. The number of piperidine rings is 1. The third-order valence-corrected chi connectivity index (χ3v) is 6.04. The molecular weight excluding hydrogens is 380 g/mol. The summed E-state index contributed by atoms with van der Waals surface area (Å²) in [5, 5.41) is 9.00. The Morgan fingerprint density at radius 1 is 0.933 bits per heavy atom. The maximum atomic E-state index is 12.8. The van der Waals surface area contributed by atoms with Gasteiger partial charge >= 0.3 is 6.03 Å². The summed E-state index contributed by atoms with van der Waals surface area (Å²) in [5.74, 6) is -0.389. The van der Waals surface area contributed by atoms with Gasteiger partial charge in [0.05, 0.1) is 0 Å². The summed E-state index contributed by atoms with van der Waals surface area (Å²) < 4.78 is 0. The quantitative estimate of drug-likeness (QED) is 0.667. The van der Waals surface area contributed by atoms with Crippen LogP contribution in [-0.2, 0) is 16.0 Å². The highest BCUT2D eigenvalue weighted by Gasteiger charge is 2.28. The molecule has 0 aromatic heterocycles. The van der Waals surface area contributed by atoms with E-state index in [9.17, 15) is 14.4 Å². The van der Waals surface area contributed by atoms with Crippen LogP contribution >= 0.6 is 0 Å². The van der Waals surface area contributed by atoms with Crippen molar-refractivity contribution in [1.82, 2.24) is 20.9 Å². The number of likely N-dealkylation sites (tertiary alicyclic amines) is 1. The number of hydrogen-bond donors (Lipinski definition) is 3. The molecule has 4 amide bonds. The van der Waals surface area contributed by atoms with E-state index in [2.05, 4.69) is 16.0 Å². The second-order valence-corrected chi connectivity index (χ2v) is 8.50. The molecule has 1 saturated carbocycles. The molecule has 1 aromatic rings. The first-order chi connectivity index (χ1) is 14.5. The molecule has 7 nitrogen and oxygen atoms in total. The first-order valence-corrected chi connectivity index (χ1v) is 11.2. The largest absolute Gasteiger partial charge is 0.351 e. The molecule has 3 N–H and O–H groups in total. The van der Waals surface area contributed by atoms with Gasteiger partial charge in [-0.2, -0.15) is 0 Å². The van der Waals surface area contributed by atoms with Crippen LogP contribution in [-0.4, -0.2) is 54.0 Å². The summed E-state index contributed by atoms with van der Waals surface area (Å²) in [6.45, 7) is 2.69. The van der Waals surface area contributed by atoms with Crippen molar-refractivity contribution in [2.45, 2.75) is 76.4 Å². The third kappa shape index (κ3) is 6.75. The van der Waals surface area contributed by atoms with Gasteiger partial charge in [0.2, 0.25) is 11.8 Å². The number of carbonyl (C=O) groups is 3. The van der Waals surface area contributed by atoms with E-state index in [-0.39, 0.29) is 23.9 Å². The topological polar surface area (TPSA) is 90.5 Å². The van der Waals surface area contributed by atoms with E-state index in [1.165, 1.54) is 26.2 Å². The van der Waals surface area contributed by atoms with Gasteiger partial charge in [0, 0.05) is 38.5 Å². The highest BCUT2D eigenvalue weighted by Crippen LogP contribution is 2.18. The normalized spacial score (nSPS) is 19.0. The number of nitrogens with zero attached hydrogens (tertiary/aromatic N) is 1. The second kappa shape index (κ2) is 11.0. The minimum Gasteiger partial charge on any atom is -0.351 e. The van der Waals surface area contributed by atoms with Crippen molar-refractivity contribution >= 4 is 17.8 Å². The molecule has 30 heavy (non-hydrogen) atoms. The zero-order valence-corrected chi connectivity index (χ0v) is 17.9. The Labute approximate surface area is 179 Å². The highest BCUT2D eigenvalue weighted by atomic mass is 16.2. The standard InChI is InChI=1S/C23H34N4O3/c1-17(28)24-21(16-18-8-4-2-5-9-18)22(29)25-20-12-14-27(15-13-20)23(30)26-19-10-6-3-7-11-19/h2,4-5,8-9,19-21H,3,6-7,10-16H2,1H3,(H,24,28)(H,25,29)(H,26,30)/t21-/m1/s1. The zero-order valence-electron chi connectivity index (χ0n) is 17.9. The molecule has 164 valence electrons. The first-order valence-electron chi connectivity index (χ1n) is 11.2. The van der Waals surface area contributed by atoms with Crippen molar-refractivity contribution < 1.29 is 14.4 Å². The molecule has 0 bridgehead atoms. The van der Waals surface area contributed by atoms with Crippen molar-refractivity contribution in [1.29, 1.82) is 0 Å². The Balaban J connectivity index is 1.46. The molecule has 1 aliphatic heterocycles. The van der Waals surface area contributed by atoms with Gasteiger partial charge in [-0.05, 0) is 31.2 Å². The lowest BCUT2D eigenvalue weighted by atomic mass is 9.95. The van der Waals surface area contributed by atoms with Crippen molar-refractivity contribution in [2.75, 3.05) is 13.1 Å². The van der Waals surface area contributed by atoms with Crippen molar-refractivity contribution in [3.8, 4) is 0 Å². The molecule has 1 aliphatic carbocycles. The molecule has 3 rings (SSSR count). The molecule has 1 saturated heterocycles. The fraction of sp³-hybridized carbons (Fsp3) is 0.609. The molecule has 7 heteroatoms. The molecule has 1 atom stereocenters. The predicted octanol–water partition coefficient (Wildman–Crippen LogP) is 2.36. The lowest BCUT2D eigenvalue weighted by Gasteiger charge is -2.34. The molecule has 2 aliphatic rings. The monoisotopic (exact) mass is 414 g/mol. The van der Waals surface area contributed by atoms with Gasteiger partial charge in [-0.1, -0.05) is 49.6 Å². The minimum atomic E-state index is -0.600. The maximum absolute atomic E-state index is 12.8. The number of rotatable bonds is 6. The Kier molecular flexibility index (Phi) is 8.11. The van der Waals surface area contributed by atoms with Crippen LogP contribution in [0.1, 0.15) is 57.4 Å². The SMILES string of the molecule is CC(=O)N[C@H](Cc1ccccc1)C(=O)NC1CCN(C(=O)NC2CCCCC2)CC1. The lowest BCUT2D eigenvalue weighted by molar-refractivity contribution is -0.128. The molecule has 0 spiro atoms. The first kappa shape index (κ1) is 22.1. The number of benzene rings is 1. The number of amides is 4. The Hall–Kier alpha value is -2.57. The van der Waals surface area contributed by atoms with Crippen LogP contribution in [0, 0.1) is 0 Å². The number of carbonyl (C=O) groups excluding carboxylic acids is 3. The van der Waals surface area contributed by atoms with Crippen LogP contribution in [0.3, 0.4) is 0 Å². The van der Waals surface area contributed by atoms with Crippen molar-refractivity contribution in [3.05, 3.63) is 35.9 Å². The Morgan fingerprint density at radius 2 is 1.57 bits per heavy atom. The van der Waals surface area contributed by atoms with Crippen LogP contribution in [0.15, 0.2) is 30.3 Å². The van der Waals surface area contributed by atoms with E-state index >= 15 is 0 Å². The minimum absolute atomic E-state index is 0.0169. The van der Waals surface area contributed by atoms with Crippen molar-refractivity contribution in [3.63, 3.8) is 0 Å². The van der Waals surface area contributed by atoms with Crippen LogP contribution in [0.5, 0.6) is 0 Å². The van der Waals surface area contributed by atoms with Gasteiger partial charge in [0.25, 0.3) is 0 Å². The molecule has 1 heterocycles. The molecule has 0 radical (unpaired) electrons. The summed E-state index contributed by atoms with van der Waals surface area (Å²) in [6, 6.07) is 9.41. The fourth-order valence-corrected chi connectivity index (χ4v) is 4.35. The Bertz CT molecular complexity index is 710. The second-order valence-electron chi connectivity index (χ2n) is 8.50. The summed E-state index contributed by atoms with van der Waals surface area (Å²) in [7, 11) is 0. The van der Waals surface area contributed by atoms with Gasteiger partial charge in [-0.25, -0.2) is 4.79 Å². The van der Waals surface area contributed by atoms with Gasteiger partial charge in [0.15, 0.2) is 0 Å². The van der Waals surface area contributed by atoms with E-state index in [4.69, 9.17) is 0 Å². The van der Waals surface area contributed by atoms with Crippen LogP contribution in [0.2, 0.25) is 0 Å². The van der Waals surface area contributed by atoms with Crippen LogP contribution < -0.4 is 16.0 Å². The molecule has 0 unspecified atom stereocenters. The van der Waals surface area contributed by atoms with Gasteiger partial charge in [-0.3, -0.25) is 9.59 Å². The zero-order chi connectivity index (χ0) is 21.3. The van der Waals surface area contributed by atoms with Crippen LogP contribution in [0.4, 0.5) is 4.79 Å². The molecule has 2 fully saturated rings. The summed E-state index contributed by atoms with van der Waals surface area (Å²) in [5.41, 5.74) is 1.00. The predicted molar refractivity (Wildman–Crippen MR) is 116 cm³/mol.